The third kappa shape index (κ3) is 7.80. The van der Waals surface area contributed by atoms with Crippen LogP contribution in [0.4, 0.5) is 21.6 Å². The quantitative estimate of drug-likeness (QED) is 0.0627. The number of nitrogens with one attached hydrogen (secondary N) is 6. The molecule has 318 valence electrons. The molecule has 15 nitrogen and oxygen atoms in total. The molecule has 4 fully saturated rings. The van der Waals surface area contributed by atoms with E-state index in [-0.39, 0.29) is 40.9 Å². The number of benzene rings is 3. The Balaban J connectivity index is 0.829. The van der Waals surface area contributed by atoms with E-state index in [1.807, 2.05) is 32.0 Å². The molecule has 4 heterocycles. The lowest BCUT2D eigenvalue weighted by molar-refractivity contribution is -0.133. The fraction of sp³-hybridized carbons (Fsp3) is 0.422. The molecule has 6 N–H and O–H groups in total. The lowest BCUT2D eigenvalue weighted by Crippen LogP contribution is -2.53. The normalized spacial score (nSPS) is 21.1. The number of H-pyrrole nitrogens is 1. The van der Waals surface area contributed by atoms with Gasteiger partial charge in [0.15, 0.2) is 5.82 Å². The highest BCUT2D eigenvalue weighted by Gasteiger charge is 2.44. The van der Waals surface area contributed by atoms with Crippen LogP contribution in [0.5, 0.6) is 5.75 Å². The Morgan fingerprint density at radius 1 is 1.08 bits per heavy atom. The van der Waals surface area contributed by atoms with E-state index in [0.717, 1.165) is 79.7 Å². The van der Waals surface area contributed by atoms with Gasteiger partial charge in [-0.15, -0.1) is 0 Å². The molecule has 1 unspecified atom stereocenters. The lowest BCUT2D eigenvalue weighted by Gasteiger charge is -2.47. The molecule has 16 heteroatoms. The van der Waals surface area contributed by atoms with Crippen molar-refractivity contribution in [2.75, 3.05) is 55.9 Å². The molecule has 3 aromatic carbocycles. The topological polar surface area (TPSA) is 194 Å². The molecule has 0 radical (unpaired) electrons. The Labute approximate surface area is 352 Å². The summed E-state index contributed by atoms with van der Waals surface area (Å²) in [6, 6.07) is 15.5. The van der Waals surface area contributed by atoms with Crippen molar-refractivity contribution in [3.63, 3.8) is 0 Å². The molecule has 1 atom stereocenters. The molecule has 9 rings (SSSR count). The third-order valence-corrected chi connectivity index (χ3v) is 13.1. The second-order valence-corrected chi connectivity index (χ2v) is 17.1. The second-order valence-electron chi connectivity index (χ2n) is 17.1. The number of aromatic nitrogens is 3. The van der Waals surface area contributed by atoms with Gasteiger partial charge >= 0.3 is 11.8 Å². The Morgan fingerprint density at radius 3 is 2.52 bits per heavy atom. The maximum atomic E-state index is 15.9. The summed E-state index contributed by atoms with van der Waals surface area (Å²) in [5, 5.41) is 25.6. The number of aromatic amines is 1. The second kappa shape index (κ2) is 16.0. The van der Waals surface area contributed by atoms with E-state index >= 15 is 4.39 Å². The summed E-state index contributed by atoms with van der Waals surface area (Å²) in [7, 11) is 3.42. The first-order valence-electron chi connectivity index (χ1n) is 21.0. The van der Waals surface area contributed by atoms with E-state index in [1.54, 1.807) is 20.2 Å². The average Bonchev–Trinajstić information content (AvgIpc) is 3.61. The summed E-state index contributed by atoms with van der Waals surface area (Å²) in [6.45, 7) is 7.42. The Bertz CT molecular complexity index is 2530. The van der Waals surface area contributed by atoms with Crippen LogP contribution in [0.1, 0.15) is 95.7 Å². The Morgan fingerprint density at radius 2 is 1.84 bits per heavy atom. The highest BCUT2D eigenvalue weighted by Crippen LogP contribution is 2.46. The molecule has 5 aromatic rings. The first-order valence-corrected chi connectivity index (χ1v) is 21.0. The van der Waals surface area contributed by atoms with E-state index in [2.05, 4.69) is 64.4 Å². The number of amides is 3. The van der Waals surface area contributed by atoms with Gasteiger partial charge in [0.2, 0.25) is 11.8 Å². The number of aryl methyl sites for hydroxylation is 1. The highest BCUT2D eigenvalue weighted by molar-refractivity contribution is 6.22. The average molecular weight is 831 g/mol. The molecular weight excluding hydrogens is 780 g/mol. The minimum absolute atomic E-state index is 0.0146. The molecule has 2 saturated carbocycles. The summed E-state index contributed by atoms with van der Waals surface area (Å²) in [5.74, 6) is 0.585. The fourth-order valence-electron chi connectivity index (χ4n) is 8.90. The monoisotopic (exact) mass is 830 g/mol. The van der Waals surface area contributed by atoms with Crippen molar-refractivity contribution in [1.82, 2.24) is 30.7 Å². The van der Waals surface area contributed by atoms with Gasteiger partial charge in [0.1, 0.15) is 23.4 Å². The van der Waals surface area contributed by atoms with Crippen LogP contribution in [0.3, 0.4) is 0 Å². The fourth-order valence-corrected chi connectivity index (χ4v) is 8.90. The number of imide groups is 1. The first kappa shape index (κ1) is 40.1. The van der Waals surface area contributed by atoms with Crippen LogP contribution in [0.25, 0.3) is 10.9 Å². The van der Waals surface area contributed by atoms with Crippen LogP contribution in [0, 0.1) is 18.2 Å². The minimum Gasteiger partial charge on any atom is -0.495 e. The van der Waals surface area contributed by atoms with Gasteiger partial charge in [0.25, 0.3) is 0 Å². The Hall–Kier alpha value is -6.29. The van der Waals surface area contributed by atoms with E-state index < -0.39 is 17.8 Å². The first-order chi connectivity index (χ1) is 29.4. The molecule has 0 spiro atoms. The smallest absolute Gasteiger partial charge is 0.315 e. The maximum Gasteiger partial charge on any atom is 0.315 e. The number of hydrogen-bond donors (Lipinski definition) is 6. The predicted molar refractivity (Wildman–Crippen MR) is 229 cm³/mol. The number of methoxy groups -OCH3 is 1. The number of ether oxygens (including phenoxy) is 1. The van der Waals surface area contributed by atoms with Crippen LogP contribution >= 0.6 is 0 Å². The van der Waals surface area contributed by atoms with E-state index in [1.165, 1.54) is 11.6 Å². The van der Waals surface area contributed by atoms with Crippen molar-refractivity contribution in [2.45, 2.75) is 82.3 Å². The van der Waals surface area contributed by atoms with Crippen LogP contribution in [-0.2, 0) is 21.5 Å². The van der Waals surface area contributed by atoms with Crippen LogP contribution in [0.2, 0.25) is 0 Å². The van der Waals surface area contributed by atoms with Crippen molar-refractivity contribution in [3.05, 3.63) is 93.9 Å². The molecule has 61 heavy (non-hydrogen) atoms. The summed E-state index contributed by atoms with van der Waals surface area (Å²) >= 11 is 0. The number of carbonyl (C=O) groups is 3. The zero-order chi connectivity index (χ0) is 42.6. The van der Waals surface area contributed by atoms with Gasteiger partial charge in [-0.25, -0.2) is 4.39 Å². The molecule has 2 saturated heterocycles. The number of rotatable bonds is 13. The van der Waals surface area contributed by atoms with Crippen molar-refractivity contribution < 1.29 is 28.0 Å². The highest BCUT2D eigenvalue weighted by atomic mass is 19.1. The summed E-state index contributed by atoms with van der Waals surface area (Å²) in [6.07, 6.45) is 4.94. The molecule has 4 aliphatic rings. The van der Waals surface area contributed by atoms with Crippen LogP contribution < -0.4 is 30.9 Å². The number of nitrogens with zero attached hydrogens (tertiary/aromatic N) is 4. The number of hydrogen-bond acceptors (Lipinski definition) is 12. The molecule has 0 bridgehead atoms. The van der Waals surface area contributed by atoms with Crippen molar-refractivity contribution in [2.24, 2.45) is 0 Å². The van der Waals surface area contributed by atoms with Crippen LogP contribution in [0.15, 0.2) is 53.1 Å². The number of fused-ring (bicyclic) bond motifs is 1. The number of carbonyl (C=O) groups excluding carboxylic acids is 3. The van der Waals surface area contributed by atoms with Gasteiger partial charge in [0.05, 0.1) is 24.0 Å². The molecule has 2 aliphatic heterocycles. The van der Waals surface area contributed by atoms with Gasteiger partial charge < -0.3 is 35.1 Å². The molecule has 2 aliphatic carbocycles. The number of piperidine rings is 1. The number of anilines is 3. The summed E-state index contributed by atoms with van der Waals surface area (Å²) in [4.78, 5) is 49.0. The zero-order valence-corrected chi connectivity index (χ0v) is 34.8. The minimum atomic E-state index is -0.575. The van der Waals surface area contributed by atoms with Gasteiger partial charge in [-0.1, -0.05) is 24.2 Å². The summed E-state index contributed by atoms with van der Waals surface area (Å²) in [5.41, 5.74) is 5.78. The molecular formula is C45H51FN10O5. The number of halogens is 1. The van der Waals surface area contributed by atoms with E-state index in [9.17, 15) is 19.8 Å². The van der Waals surface area contributed by atoms with E-state index in [0.29, 0.717) is 53.3 Å². The predicted octanol–water partition coefficient (Wildman–Crippen LogP) is 5.73. The van der Waals surface area contributed by atoms with Gasteiger partial charge in [-0.3, -0.25) is 30.0 Å². The molecule has 2 aromatic heterocycles. The van der Waals surface area contributed by atoms with Crippen molar-refractivity contribution in [1.29, 1.82) is 5.41 Å². The van der Waals surface area contributed by atoms with Gasteiger partial charge in [-0.2, -0.15) is 4.98 Å². The SMILES string of the molecule is CNc1[nH]c2cc(N3CCN(C4CC(c5ccc(NC6CCC(=O)NC6=O)cc5)C4)CC3)c(OC)cc2c1C(=N)c1cc(C)c(CNC(=O)c2nc(C3(C)CC3)no2)cc1F. The number of piperazine rings is 1. The van der Waals surface area contributed by atoms with Gasteiger partial charge in [0, 0.05) is 79.8 Å². The molecule has 3 amide bonds. The lowest BCUT2D eigenvalue weighted by atomic mass is 9.75. The maximum absolute atomic E-state index is 15.9. The largest absolute Gasteiger partial charge is 0.495 e. The third-order valence-electron chi connectivity index (χ3n) is 13.1. The van der Waals surface area contributed by atoms with Crippen molar-refractivity contribution >= 4 is 51.5 Å². The summed E-state index contributed by atoms with van der Waals surface area (Å²) < 4.78 is 27.0. The van der Waals surface area contributed by atoms with E-state index in [4.69, 9.17) is 9.26 Å². The Kier molecular flexibility index (Phi) is 10.5. The standard InChI is InChI=1S/C45H51FN10O5/c1-24-17-30(32(46)20-27(24)23-49-42(59)43-53-44(54-61-43)45(2)11-12-45)39(47)38-31-21-36(60-4)35(22-34(31)51-40(38)48-3)56-15-13-55(14-16-56)29-18-26(19-29)25-5-7-28(8-6-25)50-33-9-10-37(57)52-41(33)58/h5-8,17,20-22,26,29,33,47-48,50-51H,9-16,18-19,23H2,1-4H3,(H,49,59)(H,52,57,58). The van der Waals surface area contributed by atoms with Gasteiger partial charge in [-0.05, 0) is 98.0 Å². The van der Waals surface area contributed by atoms with Crippen molar-refractivity contribution in [3.8, 4) is 5.75 Å². The zero-order valence-electron chi connectivity index (χ0n) is 34.8. The van der Waals surface area contributed by atoms with Crippen LogP contribution in [-0.4, -0.2) is 95.9 Å².